The first-order chi connectivity index (χ1) is 6.06. The van der Waals surface area contributed by atoms with Crippen molar-refractivity contribution in [2.24, 2.45) is 5.92 Å². The van der Waals surface area contributed by atoms with Gasteiger partial charge in [-0.05, 0) is 18.8 Å². The molecule has 76 valence electrons. The monoisotopic (exact) mass is 198 g/mol. The van der Waals surface area contributed by atoms with Crippen LogP contribution in [0.2, 0.25) is 25.7 Å². The van der Waals surface area contributed by atoms with Crippen LogP contribution in [0.4, 0.5) is 0 Å². The van der Waals surface area contributed by atoms with Crippen molar-refractivity contribution >= 4 is 8.07 Å². The molecule has 3 unspecified atom stereocenters. The maximum atomic E-state index is 5.67. The van der Waals surface area contributed by atoms with E-state index in [0.717, 1.165) is 5.92 Å². The standard InChI is InChI=1S/C11H22OSi/c1-13(2,3)8-7-9-5-4-6-10-11(9)12-10/h9-11H,4-8H2,1-3H3. The molecule has 0 bridgehead atoms. The van der Waals surface area contributed by atoms with Crippen molar-refractivity contribution in [2.75, 3.05) is 0 Å². The second kappa shape index (κ2) is 3.39. The number of hydrogen-bond acceptors (Lipinski definition) is 1. The minimum Gasteiger partial charge on any atom is -0.369 e. The van der Waals surface area contributed by atoms with Crippen molar-refractivity contribution in [3.63, 3.8) is 0 Å². The van der Waals surface area contributed by atoms with Gasteiger partial charge in [-0.15, -0.1) is 0 Å². The third-order valence-corrected chi connectivity index (χ3v) is 5.20. The van der Waals surface area contributed by atoms with E-state index >= 15 is 0 Å². The van der Waals surface area contributed by atoms with Gasteiger partial charge in [0.15, 0.2) is 0 Å². The molecule has 0 radical (unpaired) electrons. The first-order valence-corrected chi connectivity index (χ1v) is 9.42. The summed E-state index contributed by atoms with van der Waals surface area (Å²) in [6.45, 7) is 7.42. The molecule has 0 spiro atoms. The lowest BCUT2D eigenvalue weighted by Gasteiger charge is -2.22. The van der Waals surface area contributed by atoms with Crippen molar-refractivity contribution in [1.82, 2.24) is 0 Å². The number of ether oxygens (including phenoxy) is 1. The van der Waals surface area contributed by atoms with E-state index in [-0.39, 0.29) is 0 Å². The average molecular weight is 198 g/mol. The number of epoxide rings is 1. The molecule has 2 aliphatic rings. The summed E-state index contributed by atoms with van der Waals surface area (Å²) in [4.78, 5) is 0. The molecule has 0 aromatic heterocycles. The van der Waals surface area contributed by atoms with Crippen LogP contribution in [-0.2, 0) is 4.74 Å². The number of rotatable bonds is 3. The van der Waals surface area contributed by atoms with Crippen LogP contribution in [0.15, 0.2) is 0 Å². The molecule has 0 aromatic rings. The maximum absolute atomic E-state index is 5.67. The lowest BCUT2D eigenvalue weighted by molar-refractivity contribution is 0.315. The van der Waals surface area contributed by atoms with Gasteiger partial charge in [0, 0.05) is 8.07 Å². The Morgan fingerprint density at radius 2 is 2.00 bits per heavy atom. The van der Waals surface area contributed by atoms with E-state index in [9.17, 15) is 0 Å². The van der Waals surface area contributed by atoms with Crippen LogP contribution >= 0.6 is 0 Å². The summed E-state index contributed by atoms with van der Waals surface area (Å²) in [5.74, 6) is 0.922. The second-order valence-corrected chi connectivity index (χ2v) is 11.6. The SMILES string of the molecule is C[Si](C)(C)CCC1CCCC2OC12. The predicted octanol–water partition coefficient (Wildman–Crippen LogP) is 3.28. The Kier molecular flexibility index (Phi) is 2.54. The van der Waals surface area contributed by atoms with Crippen LogP contribution in [0.25, 0.3) is 0 Å². The molecule has 1 heterocycles. The van der Waals surface area contributed by atoms with Crippen LogP contribution < -0.4 is 0 Å². The van der Waals surface area contributed by atoms with Gasteiger partial charge in [-0.25, -0.2) is 0 Å². The molecule has 0 aromatic carbocycles. The van der Waals surface area contributed by atoms with Gasteiger partial charge in [0.2, 0.25) is 0 Å². The van der Waals surface area contributed by atoms with E-state index in [4.69, 9.17) is 4.74 Å². The van der Waals surface area contributed by atoms with E-state index in [1.807, 2.05) is 0 Å². The normalized spacial score (nSPS) is 38.5. The summed E-state index contributed by atoms with van der Waals surface area (Å²) in [5, 5.41) is 0. The van der Waals surface area contributed by atoms with E-state index < -0.39 is 8.07 Å². The average Bonchev–Trinajstić information content (AvgIpc) is 2.77. The molecule has 1 aliphatic carbocycles. The highest BCUT2D eigenvalue weighted by molar-refractivity contribution is 6.76. The van der Waals surface area contributed by atoms with E-state index in [0.29, 0.717) is 12.2 Å². The predicted molar refractivity (Wildman–Crippen MR) is 58.8 cm³/mol. The molecular weight excluding hydrogens is 176 g/mol. The first-order valence-electron chi connectivity index (χ1n) is 5.72. The minimum absolute atomic E-state index is 0.681. The summed E-state index contributed by atoms with van der Waals surface area (Å²) in [5.41, 5.74) is 0. The summed E-state index contributed by atoms with van der Waals surface area (Å²) < 4.78 is 5.67. The Morgan fingerprint density at radius 1 is 1.23 bits per heavy atom. The van der Waals surface area contributed by atoms with Crippen molar-refractivity contribution < 1.29 is 4.74 Å². The zero-order valence-electron chi connectivity index (χ0n) is 9.18. The van der Waals surface area contributed by atoms with Crippen LogP contribution in [0.5, 0.6) is 0 Å². The molecule has 1 saturated heterocycles. The number of fused-ring (bicyclic) bond motifs is 1. The molecule has 13 heavy (non-hydrogen) atoms. The van der Waals surface area contributed by atoms with Crippen molar-refractivity contribution in [3.8, 4) is 0 Å². The highest BCUT2D eigenvalue weighted by atomic mass is 28.3. The van der Waals surface area contributed by atoms with Gasteiger partial charge >= 0.3 is 0 Å². The Bertz CT molecular complexity index is 185. The topological polar surface area (TPSA) is 12.5 Å². The maximum Gasteiger partial charge on any atom is 0.0869 e. The molecule has 2 rings (SSSR count). The molecule has 2 heteroatoms. The zero-order chi connectivity index (χ0) is 9.47. The van der Waals surface area contributed by atoms with Gasteiger partial charge in [-0.3, -0.25) is 0 Å². The summed E-state index contributed by atoms with van der Waals surface area (Å²) in [6, 6.07) is 1.49. The zero-order valence-corrected chi connectivity index (χ0v) is 10.2. The van der Waals surface area contributed by atoms with Crippen LogP contribution in [0.3, 0.4) is 0 Å². The molecule has 3 atom stereocenters. The Morgan fingerprint density at radius 3 is 2.69 bits per heavy atom. The van der Waals surface area contributed by atoms with Gasteiger partial charge in [-0.1, -0.05) is 38.5 Å². The largest absolute Gasteiger partial charge is 0.369 e. The fraction of sp³-hybridized carbons (Fsp3) is 1.00. The van der Waals surface area contributed by atoms with Crippen molar-refractivity contribution in [1.29, 1.82) is 0 Å². The molecular formula is C11H22OSi. The first kappa shape index (κ1) is 9.72. The summed E-state index contributed by atoms with van der Waals surface area (Å²) in [6.07, 6.45) is 7.00. The van der Waals surface area contributed by atoms with Gasteiger partial charge in [-0.2, -0.15) is 0 Å². The Labute approximate surface area is 82.9 Å². The summed E-state index contributed by atoms with van der Waals surface area (Å²) in [7, 11) is -0.808. The van der Waals surface area contributed by atoms with Gasteiger partial charge in [0.05, 0.1) is 12.2 Å². The van der Waals surface area contributed by atoms with Gasteiger partial charge in [0.25, 0.3) is 0 Å². The van der Waals surface area contributed by atoms with Gasteiger partial charge in [0.1, 0.15) is 0 Å². The third-order valence-electron chi connectivity index (χ3n) is 3.42. The van der Waals surface area contributed by atoms with Crippen LogP contribution in [0, 0.1) is 5.92 Å². The second-order valence-electron chi connectivity index (χ2n) is 5.93. The molecule has 1 aliphatic heterocycles. The number of hydrogen-bond donors (Lipinski definition) is 0. The Balaban J connectivity index is 1.75. The molecule has 2 fully saturated rings. The fourth-order valence-electron chi connectivity index (χ4n) is 2.48. The smallest absolute Gasteiger partial charge is 0.0869 e. The third kappa shape index (κ3) is 2.56. The van der Waals surface area contributed by atoms with Crippen LogP contribution in [-0.4, -0.2) is 20.3 Å². The summed E-state index contributed by atoms with van der Waals surface area (Å²) >= 11 is 0. The highest BCUT2D eigenvalue weighted by Gasteiger charge is 2.46. The van der Waals surface area contributed by atoms with Gasteiger partial charge < -0.3 is 4.74 Å². The highest BCUT2D eigenvalue weighted by Crippen LogP contribution is 2.43. The molecule has 1 saturated carbocycles. The van der Waals surface area contributed by atoms with E-state index in [2.05, 4.69) is 19.6 Å². The molecule has 0 N–H and O–H groups in total. The van der Waals surface area contributed by atoms with E-state index in [1.54, 1.807) is 0 Å². The van der Waals surface area contributed by atoms with Crippen molar-refractivity contribution in [3.05, 3.63) is 0 Å². The lowest BCUT2D eigenvalue weighted by atomic mass is 9.87. The molecule has 0 amide bonds. The minimum atomic E-state index is -0.808. The quantitative estimate of drug-likeness (QED) is 0.501. The lowest BCUT2D eigenvalue weighted by Crippen LogP contribution is -2.23. The fourth-order valence-corrected chi connectivity index (χ4v) is 3.71. The van der Waals surface area contributed by atoms with Crippen molar-refractivity contribution in [2.45, 2.75) is 63.6 Å². The van der Waals surface area contributed by atoms with E-state index in [1.165, 1.54) is 31.7 Å². The van der Waals surface area contributed by atoms with Crippen LogP contribution in [0.1, 0.15) is 25.7 Å². The molecule has 1 nitrogen and oxygen atoms in total. The Hall–Kier alpha value is 0.177.